The zero-order valence-electron chi connectivity index (χ0n) is 9.07. The summed E-state index contributed by atoms with van der Waals surface area (Å²) in [6.07, 6.45) is 2.44. The maximum absolute atomic E-state index is 13.8. The Hall–Kier alpha value is -1.67. The molecule has 0 bridgehead atoms. The van der Waals surface area contributed by atoms with Crippen LogP contribution in [-0.4, -0.2) is 31.2 Å². The normalized spacial score (nSPS) is 19.8. The summed E-state index contributed by atoms with van der Waals surface area (Å²) in [6, 6.07) is 3.59. The van der Waals surface area contributed by atoms with Gasteiger partial charge in [0.1, 0.15) is 6.07 Å². The third-order valence-electron chi connectivity index (χ3n) is 2.89. The predicted octanol–water partition coefficient (Wildman–Crippen LogP) is 0.890. The molecule has 0 aliphatic carbocycles. The summed E-state index contributed by atoms with van der Waals surface area (Å²) in [5.74, 6) is -0.224. The van der Waals surface area contributed by atoms with E-state index in [9.17, 15) is 4.39 Å². The molecule has 84 valence electrons. The third kappa shape index (κ3) is 1.84. The minimum atomic E-state index is -0.512. The number of anilines is 1. The zero-order valence-corrected chi connectivity index (χ0v) is 9.07. The van der Waals surface area contributed by atoms with Gasteiger partial charge in [-0.15, -0.1) is 0 Å². The van der Waals surface area contributed by atoms with Crippen molar-refractivity contribution in [2.75, 3.05) is 25.0 Å². The number of nitrogens with zero attached hydrogens (tertiary/aromatic N) is 3. The van der Waals surface area contributed by atoms with Gasteiger partial charge in [-0.2, -0.15) is 5.26 Å². The van der Waals surface area contributed by atoms with Crippen LogP contribution in [0.25, 0.3) is 0 Å². The lowest BCUT2D eigenvalue weighted by atomic mass is 10.2. The van der Waals surface area contributed by atoms with Crippen LogP contribution in [0.4, 0.5) is 10.2 Å². The molecule has 1 unspecified atom stereocenters. The number of hydrogen-bond acceptors (Lipinski definition) is 4. The Morgan fingerprint density at radius 3 is 3.12 bits per heavy atom. The van der Waals surface area contributed by atoms with Crippen LogP contribution >= 0.6 is 0 Å². The van der Waals surface area contributed by atoms with Gasteiger partial charge in [0, 0.05) is 25.3 Å². The van der Waals surface area contributed by atoms with Crippen molar-refractivity contribution in [2.24, 2.45) is 0 Å². The summed E-state index contributed by atoms with van der Waals surface area (Å²) in [6.45, 7) is 1.50. The van der Waals surface area contributed by atoms with E-state index in [0.29, 0.717) is 6.04 Å². The van der Waals surface area contributed by atoms with E-state index < -0.39 is 5.82 Å². The highest BCUT2D eigenvalue weighted by atomic mass is 19.1. The van der Waals surface area contributed by atoms with Crippen LogP contribution in [0.15, 0.2) is 12.3 Å². The fraction of sp³-hybridized carbons (Fsp3) is 0.455. The fourth-order valence-electron chi connectivity index (χ4n) is 1.93. The van der Waals surface area contributed by atoms with Crippen molar-refractivity contribution in [1.29, 1.82) is 5.26 Å². The molecule has 1 aromatic rings. The van der Waals surface area contributed by atoms with Gasteiger partial charge >= 0.3 is 0 Å². The predicted molar refractivity (Wildman–Crippen MR) is 58.6 cm³/mol. The van der Waals surface area contributed by atoms with E-state index in [1.54, 1.807) is 0 Å². The lowest BCUT2D eigenvalue weighted by Crippen LogP contribution is -2.30. The molecule has 0 spiro atoms. The molecule has 2 heterocycles. The van der Waals surface area contributed by atoms with Gasteiger partial charge in [-0.1, -0.05) is 0 Å². The second-order valence-electron chi connectivity index (χ2n) is 3.83. The van der Waals surface area contributed by atoms with Gasteiger partial charge in [-0.05, 0) is 19.5 Å². The second-order valence-corrected chi connectivity index (χ2v) is 3.83. The minimum Gasteiger partial charge on any atom is -0.353 e. The molecule has 1 fully saturated rings. The lowest BCUT2D eigenvalue weighted by Gasteiger charge is -2.18. The Morgan fingerprint density at radius 1 is 1.69 bits per heavy atom. The van der Waals surface area contributed by atoms with E-state index in [2.05, 4.69) is 10.3 Å². The number of likely N-dealkylation sites (N-methyl/N-ethyl adjacent to an activating group) is 1. The topological polar surface area (TPSA) is 52.0 Å². The largest absolute Gasteiger partial charge is 0.353 e. The summed E-state index contributed by atoms with van der Waals surface area (Å²) < 4.78 is 13.8. The smallest absolute Gasteiger partial charge is 0.183 e. The molecule has 0 saturated carbocycles. The standard InChI is InChI=1S/C11H13FN4/c1-14-9-3-5-16(7-9)11-10(12)8(6-13)2-4-15-11/h2,4,9,14H,3,5,7H2,1H3. The van der Waals surface area contributed by atoms with E-state index >= 15 is 0 Å². The molecule has 5 heteroatoms. The Balaban J connectivity index is 2.25. The third-order valence-corrected chi connectivity index (χ3v) is 2.89. The highest BCUT2D eigenvalue weighted by Gasteiger charge is 2.25. The number of nitrogens with one attached hydrogen (secondary N) is 1. The number of aromatic nitrogens is 1. The molecule has 0 radical (unpaired) electrons. The second kappa shape index (κ2) is 4.45. The average molecular weight is 220 g/mol. The Labute approximate surface area is 93.7 Å². The summed E-state index contributed by atoms with van der Waals surface area (Å²) in [7, 11) is 1.89. The molecule has 1 aromatic heterocycles. The minimum absolute atomic E-state index is 0.0536. The quantitative estimate of drug-likeness (QED) is 0.804. The van der Waals surface area contributed by atoms with Crippen molar-refractivity contribution in [3.63, 3.8) is 0 Å². The zero-order chi connectivity index (χ0) is 11.5. The van der Waals surface area contributed by atoms with Crippen molar-refractivity contribution in [1.82, 2.24) is 10.3 Å². The van der Waals surface area contributed by atoms with Gasteiger partial charge in [0.15, 0.2) is 11.6 Å². The maximum atomic E-state index is 13.8. The highest BCUT2D eigenvalue weighted by Crippen LogP contribution is 2.22. The number of rotatable bonds is 2. The molecule has 4 nitrogen and oxygen atoms in total. The molecule has 16 heavy (non-hydrogen) atoms. The van der Waals surface area contributed by atoms with E-state index in [4.69, 9.17) is 5.26 Å². The van der Waals surface area contributed by atoms with Gasteiger partial charge in [-0.3, -0.25) is 0 Å². The summed E-state index contributed by atoms with van der Waals surface area (Å²) in [4.78, 5) is 5.88. The summed E-state index contributed by atoms with van der Waals surface area (Å²) >= 11 is 0. The van der Waals surface area contributed by atoms with Crippen molar-refractivity contribution < 1.29 is 4.39 Å². The lowest BCUT2D eigenvalue weighted by molar-refractivity contribution is 0.602. The molecule has 1 N–H and O–H groups in total. The maximum Gasteiger partial charge on any atom is 0.183 e. The SMILES string of the molecule is CNC1CCN(c2nccc(C#N)c2F)C1. The highest BCUT2D eigenvalue weighted by molar-refractivity contribution is 5.47. The van der Waals surface area contributed by atoms with Crippen LogP contribution in [0.5, 0.6) is 0 Å². The Kier molecular flexibility index (Phi) is 3.02. The molecular weight excluding hydrogens is 207 g/mol. The molecule has 1 aliphatic rings. The van der Waals surface area contributed by atoms with Crippen LogP contribution in [0.2, 0.25) is 0 Å². The first-order valence-electron chi connectivity index (χ1n) is 5.23. The van der Waals surface area contributed by atoms with E-state index in [0.717, 1.165) is 19.5 Å². The molecule has 1 aliphatic heterocycles. The van der Waals surface area contributed by atoms with Gasteiger partial charge < -0.3 is 10.2 Å². The fourth-order valence-corrected chi connectivity index (χ4v) is 1.93. The van der Waals surface area contributed by atoms with Crippen molar-refractivity contribution in [3.8, 4) is 6.07 Å². The summed E-state index contributed by atoms with van der Waals surface area (Å²) in [5, 5.41) is 11.9. The van der Waals surface area contributed by atoms with Crippen LogP contribution in [0, 0.1) is 17.1 Å². The van der Waals surface area contributed by atoms with Gasteiger partial charge in [0.2, 0.25) is 0 Å². The molecule has 1 atom stereocenters. The number of halogens is 1. The monoisotopic (exact) mass is 220 g/mol. The Morgan fingerprint density at radius 2 is 2.50 bits per heavy atom. The molecule has 1 saturated heterocycles. The number of pyridine rings is 1. The van der Waals surface area contributed by atoms with Crippen LogP contribution in [-0.2, 0) is 0 Å². The molecule has 0 amide bonds. The Bertz CT molecular complexity index is 426. The number of hydrogen-bond donors (Lipinski definition) is 1. The van der Waals surface area contributed by atoms with Crippen molar-refractivity contribution in [3.05, 3.63) is 23.6 Å². The average Bonchev–Trinajstić information content (AvgIpc) is 2.78. The van der Waals surface area contributed by atoms with E-state index in [-0.39, 0.29) is 11.4 Å². The summed E-state index contributed by atoms with van der Waals surface area (Å²) in [5.41, 5.74) is 0.0536. The van der Waals surface area contributed by atoms with Crippen LogP contribution in [0.1, 0.15) is 12.0 Å². The van der Waals surface area contributed by atoms with Gasteiger partial charge in [0.25, 0.3) is 0 Å². The van der Waals surface area contributed by atoms with Crippen LogP contribution in [0.3, 0.4) is 0 Å². The molecular formula is C11H13FN4. The molecule has 0 aromatic carbocycles. The first-order chi connectivity index (χ1) is 7.76. The molecule has 2 rings (SSSR count). The van der Waals surface area contributed by atoms with E-state index in [1.165, 1.54) is 12.3 Å². The first-order valence-corrected chi connectivity index (χ1v) is 5.23. The van der Waals surface area contributed by atoms with Gasteiger partial charge in [-0.25, -0.2) is 9.37 Å². The van der Waals surface area contributed by atoms with Gasteiger partial charge in [0.05, 0.1) is 5.56 Å². The van der Waals surface area contributed by atoms with Crippen LogP contribution < -0.4 is 10.2 Å². The van der Waals surface area contributed by atoms with Crippen molar-refractivity contribution >= 4 is 5.82 Å². The first kappa shape index (κ1) is 10.8. The number of nitriles is 1. The van der Waals surface area contributed by atoms with E-state index in [1.807, 2.05) is 18.0 Å². The van der Waals surface area contributed by atoms with Crippen molar-refractivity contribution in [2.45, 2.75) is 12.5 Å².